The minimum atomic E-state index is -0.872. The molecule has 2 aromatic rings. The summed E-state index contributed by atoms with van der Waals surface area (Å²) in [5.41, 5.74) is 2.13. The Kier molecular flexibility index (Phi) is 4.07. The van der Waals surface area contributed by atoms with Gasteiger partial charge in [0.25, 0.3) is 0 Å². The SMILES string of the molecule is COc1c(C(=O)c2cc(C)c(F)cc2F)ccc(C)c1C. The number of halogens is 2. The average molecular weight is 290 g/mol. The molecule has 0 saturated heterocycles. The topological polar surface area (TPSA) is 26.3 Å². The molecule has 2 rings (SSSR count). The van der Waals surface area contributed by atoms with Crippen LogP contribution in [0.1, 0.15) is 32.6 Å². The first-order valence-electron chi connectivity index (χ1n) is 6.51. The van der Waals surface area contributed by atoms with Crippen molar-refractivity contribution in [1.29, 1.82) is 0 Å². The summed E-state index contributed by atoms with van der Waals surface area (Å²) in [4.78, 5) is 12.5. The number of carbonyl (C=O) groups is 1. The van der Waals surface area contributed by atoms with Crippen LogP contribution in [0.25, 0.3) is 0 Å². The standard InChI is InChI=1S/C17H16F2O2/c1-9-5-6-12(17(21-4)11(9)3)16(20)13-7-10(2)14(18)8-15(13)19/h5-8H,1-4H3. The molecule has 4 heteroatoms. The third-order valence-electron chi connectivity index (χ3n) is 3.62. The van der Waals surface area contributed by atoms with Crippen LogP contribution in [-0.4, -0.2) is 12.9 Å². The molecule has 0 aromatic heterocycles. The summed E-state index contributed by atoms with van der Waals surface area (Å²) in [6, 6.07) is 5.33. The van der Waals surface area contributed by atoms with Gasteiger partial charge in [-0.3, -0.25) is 4.79 Å². The molecule has 0 unspecified atom stereocenters. The molecule has 21 heavy (non-hydrogen) atoms. The van der Waals surface area contributed by atoms with Crippen LogP contribution in [0.3, 0.4) is 0 Å². The van der Waals surface area contributed by atoms with E-state index in [1.165, 1.54) is 20.1 Å². The van der Waals surface area contributed by atoms with E-state index >= 15 is 0 Å². The first-order valence-corrected chi connectivity index (χ1v) is 6.51. The maximum atomic E-state index is 13.9. The molecule has 2 nitrogen and oxygen atoms in total. The first kappa shape index (κ1) is 15.2. The summed E-state index contributed by atoms with van der Waals surface area (Å²) in [5.74, 6) is -1.64. The van der Waals surface area contributed by atoms with Gasteiger partial charge in [0.2, 0.25) is 0 Å². The highest BCUT2D eigenvalue weighted by molar-refractivity contribution is 6.11. The van der Waals surface area contributed by atoms with E-state index < -0.39 is 17.4 Å². The number of methoxy groups -OCH3 is 1. The Balaban J connectivity index is 2.61. The summed E-state index contributed by atoms with van der Waals surface area (Å²) < 4.78 is 32.5. The molecule has 0 aliphatic heterocycles. The number of aryl methyl sites for hydroxylation is 2. The fourth-order valence-electron chi connectivity index (χ4n) is 2.21. The van der Waals surface area contributed by atoms with Crippen LogP contribution < -0.4 is 4.74 Å². The minimum absolute atomic E-state index is 0.157. The molecule has 0 amide bonds. The van der Waals surface area contributed by atoms with Gasteiger partial charge in [-0.2, -0.15) is 0 Å². The fraction of sp³-hybridized carbons (Fsp3) is 0.235. The number of hydrogen-bond acceptors (Lipinski definition) is 2. The zero-order valence-corrected chi connectivity index (χ0v) is 12.4. The fourth-order valence-corrected chi connectivity index (χ4v) is 2.21. The molecule has 0 fully saturated rings. The van der Waals surface area contributed by atoms with Gasteiger partial charge in [0.15, 0.2) is 5.78 Å². The molecule has 110 valence electrons. The van der Waals surface area contributed by atoms with Crippen LogP contribution in [0.15, 0.2) is 24.3 Å². The maximum Gasteiger partial charge on any atom is 0.199 e. The minimum Gasteiger partial charge on any atom is -0.496 e. The van der Waals surface area contributed by atoms with Crippen molar-refractivity contribution in [2.24, 2.45) is 0 Å². The second kappa shape index (κ2) is 5.64. The summed E-state index contributed by atoms with van der Waals surface area (Å²) in [7, 11) is 1.46. The highest BCUT2D eigenvalue weighted by atomic mass is 19.1. The van der Waals surface area contributed by atoms with Crippen molar-refractivity contribution in [3.05, 3.63) is 63.7 Å². The van der Waals surface area contributed by atoms with Gasteiger partial charge in [0.05, 0.1) is 18.2 Å². The molecule has 0 atom stereocenters. The largest absolute Gasteiger partial charge is 0.496 e. The van der Waals surface area contributed by atoms with E-state index in [0.29, 0.717) is 5.75 Å². The molecule has 2 aromatic carbocycles. The molecule has 0 N–H and O–H groups in total. The Hall–Kier alpha value is -2.23. The zero-order chi connectivity index (χ0) is 15.7. The van der Waals surface area contributed by atoms with Gasteiger partial charge in [0, 0.05) is 6.07 Å². The molecule has 0 bridgehead atoms. The van der Waals surface area contributed by atoms with E-state index in [2.05, 4.69) is 0 Å². The highest BCUT2D eigenvalue weighted by Crippen LogP contribution is 2.29. The van der Waals surface area contributed by atoms with Crippen molar-refractivity contribution >= 4 is 5.78 Å². The van der Waals surface area contributed by atoms with Crippen LogP contribution in [-0.2, 0) is 0 Å². The molecule has 0 radical (unpaired) electrons. The van der Waals surface area contributed by atoms with Gasteiger partial charge >= 0.3 is 0 Å². The molecule has 0 aliphatic carbocycles. The van der Waals surface area contributed by atoms with Crippen molar-refractivity contribution in [3.63, 3.8) is 0 Å². The van der Waals surface area contributed by atoms with E-state index in [4.69, 9.17) is 4.74 Å². The number of ketones is 1. The predicted octanol–water partition coefficient (Wildman–Crippen LogP) is 4.13. The van der Waals surface area contributed by atoms with Gasteiger partial charge in [-0.25, -0.2) is 8.78 Å². The van der Waals surface area contributed by atoms with E-state index in [-0.39, 0.29) is 16.7 Å². The van der Waals surface area contributed by atoms with Crippen molar-refractivity contribution in [2.45, 2.75) is 20.8 Å². The second-order valence-electron chi connectivity index (χ2n) is 5.00. The van der Waals surface area contributed by atoms with Gasteiger partial charge < -0.3 is 4.74 Å². The maximum absolute atomic E-state index is 13.9. The molecule has 0 saturated carbocycles. The predicted molar refractivity (Wildman–Crippen MR) is 77.0 cm³/mol. The van der Waals surface area contributed by atoms with Gasteiger partial charge in [0.1, 0.15) is 17.4 Å². The van der Waals surface area contributed by atoms with Crippen LogP contribution in [0.2, 0.25) is 0 Å². The summed E-state index contributed by atoms with van der Waals surface area (Å²) in [5, 5.41) is 0. The smallest absolute Gasteiger partial charge is 0.199 e. The van der Waals surface area contributed by atoms with Crippen molar-refractivity contribution in [1.82, 2.24) is 0 Å². The molecule has 0 heterocycles. The third-order valence-corrected chi connectivity index (χ3v) is 3.62. The Labute approximate surface area is 122 Å². The van der Waals surface area contributed by atoms with Gasteiger partial charge in [-0.15, -0.1) is 0 Å². The van der Waals surface area contributed by atoms with E-state index in [9.17, 15) is 13.6 Å². The number of ether oxygens (including phenoxy) is 1. The summed E-state index contributed by atoms with van der Waals surface area (Å²) in [6.07, 6.45) is 0. The Morgan fingerprint density at radius 1 is 0.952 bits per heavy atom. The quantitative estimate of drug-likeness (QED) is 0.794. The lowest BCUT2D eigenvalue weighted by Crippen LogP contribution is -2.09. The normalized spacial score (nSPS) is 10.6. The van der Waals surface area contributed by atoms with E-state index in [0.717, 1.165) is 17.2 Å². The lowest BCUT2D eigenvalue weighted by atomic mass is 9.96. The van der Waals surface area contributed by atoms with Crippen molar-refractivity contribution in [2.75, 3.05) is 7.11 Å². The van der Waals surface area contributed by atoms with Crippen LogP contribution in [0, 0.1) is 32.4 Å². The van der Waals surface area contributed by atoms with Crippen LogP contribution in [0.5, 0.6) is 5.75 Å². The number of rotatable bonds is 3. The van der Waals surface area contributed by atoms with E-state index in [1.54, 1.807) is 12.1 Å². The Morgan fingerprint density at radius 2 is 1.62 bits per heavy atom. The highest BCUT2D eigenvalue weighted by Gasteiger charge is 2.21. The molecule has 0 spiro atoms. The molecule has 0 aliphatic rings. The summed E-state index contributed by atoms with van der Waals surface area (Å²) >= 11 is 0. The number of hydrogen-bond donors (Lipinski definition) is 0. The monoisotopic (exact) mass is 290 g/mol. The molecular weight excluding hydrogens is 274 g/mol. The van der Waals surface area contributed by atoms with Crippen molar-refractivity contribution < 1.29 is 18.3 Å². The second-order valence-corrected chi connectivity index (χ2v) is 5.00. The zero-order valence-electron chi connectivity index (χ0n) is 12.4. The lowest BCUT2D eigenvalue weighted by Gasteiger charge is -2.13. The number of carbonyl (C=O) groups excluding carboxylic acids is 1. The number of benzene rings is 2. The van der Waals surface area contributed by atoms with Gasteiger partial charge in [-0.05, 0) is 49.6 Å². The molecular formula is C17H16F2O2. The first-order chi connectivity index (χ1) is 9.86. The summed E-state index contributed by atoms with van der Waals surface area (Å²) in [6.45, 7) is 5.22. The lowest BCUT2D eigenvalue weighted by molar-refractivity contribution is 0.103. The van der Waals surface area contributed by atoms with Crippen LogP contribution in [0.4, 0.5) is 8.78 Å². The van der Waals surface area contributed by atoms with Crippen LogP contribution >= 0.6 is 0 Å². The van der Waals surface area contributed by atoms with Gasteiger partial charge in [-0.1, -0.05) is 6.07 Å². The average Bonchev–Trinajstić information content (AvgIpc) is 2.45. The Bertz CT molecular complexity index is 721. The van der Waals surface area contributed by atoms with E-state index in [1.807, 2.05) is 13.8 Å². The third kappa shape index (κ3) is 2.66. The van der Waals surface area contributed by atoms with Crippen molar-refractivity contribution in [3.8, 4) is 5.75 Å². The Morgan fingerprint density at radius 3 is 2.24 bits per heavy atom.